The van der Waals surface area contributed by atoms with Crippen molar-refractivity contribution in [1.29, 1.82) is 0 Å². The van der Waals surface area contributed by atoms with E-state index >= 15 is 0 Å². The summed E-state index contributed by atoms with van der Waals surface area (Å²) in [7, 11) is 0. The number of benzene rings is 2. The topological polar surface area (TPSA) is 93.9 Å². The van der Waals surface area contributed by atoms with Gasteiger partial charge in [-0.2, -0.15) is 0 Å². The van der Waals surface area contributed by atoms with E-state index in [-0.39, 0.29) is 17.4 Å². The molecular weight excluding hydrogens is 413 g/mol. The number of fused-ring (bicyclic) bond motifs is 4. The van der Waals surface area contributed by atoms with Crippen LogP contribution in [0.15, 0.2) is 42.5 Å². The Balaban J connectivity index is 1.89. The monoisotopic (exact) mass is 431 g/mol. The molecule has 1 N–H and O–H groups in total. The van der Waals surface area contributed by atoms with Gasteiger partial charge >= 0.3 is 5.97 Å². The van der Waals surface area contributed by atoms with E-state index in [9.17, 15) is 19.3 Å². The fourth-order valence-electron chi connectivity index (χ4n) is 4.06. The van der Waals surface area contributed by atoms with Gasteiger partial charge in [-0.05, 0) is 56.4 Å². The minimum atomic E-state index is -1.31. The van der Waals surface area contributed by atoms with Crippen LogP contribution < -0.4 is 15.0 Å². The van der Waals surface area contributed by atoms with Crippen molar-refractivity contribution in [3.8, 4) is 5.75 Å². The van der Waals surface area contributed by atoms with Gasteiger partial charge in [0.2, 0.25) is 5.72 Å². The second-order valence-corrected chi connectivity index (χ2v) is 7.49. The normalized spacial score (nSPS) is 24.4. The summed E-state index contributed by atoms with van der Waals surface area (Å²) in [5.41, 5.74) is -0.465. The molecule has 10 heteroatoms. The van der Waals surface area contributed by atoms with Gasteiger partial charge in [0.1, 0.15) is 17.5 Å². The average Bonchev–Trinajstić information content (AvgIpc) is 2.68. The maximum absolute atomic E-state index is 13.5. The van der Waals surface area contributed by atoms with Gasteiger partial charge in [0.05, 0.1) is 17.6 Å². The van der Waals surface area contributed by atoms with Crippen molar-refractivity contribution < 1.29 is 23.6 Å². The SMILES string of the molecule is CCOC(=O)[C@H]1[C@@H]2NC(=S)N(c3ccc(F)cc3)[C@@]1(C)Oc1ccc([N+](=O)[O-])cc12. The molecule has 0 saturated carbocycles. The van der Waals surface area contributed by atoms with Crippen LogP contribution in [-0.2, 0) is 9.53 Å². The van der Waals surface area contributed by atoms with E-state index in [0.29, 0.717) is 17.0 Å². The van der Waals surface area contributed by atoms with E-state index in [1.54, 1.807) is 18.7 Å². The second kappa shape index (κ2) is 7.21. The number of anilines is 1. The molecule has 0 unspecified atom stereocenters. The minimum Gasteiger partial charge on any atom is -0.466 e. The van der Waals surface area contributed by atoms with E-state index in [2.05, 4.69) is 5.32 Å². The van der Waals surface area contributed by atoms with E-state index < -0.39 is 34.4 Å². The maximum Gasteiger partial charge on any atom is 0.317 e. The predicted molar refractivity (Wildman–Crippen MR) is 110 cm³/mol. The predicted octanol–water partition coefficient (Wildman–Crippen LogP) is 3.46. The molecule has 156 valence electrons. The molecule has 30 heavy (non-hydrogen) atoms. The summed E-state index contributed by atoms with van der Waals surface area (Å²) >= 11 is 5.54. The van der Waals surface area contributed by atoms with Crippen LogP contribution in [0.4, 0.5) is 15.8 Å². The largest absolute Gasteiger partial charge is 0.466 e. The first-order chi connectivity index (χ1) is 14.3. The van der Waals surface area contributed by atoms with Gasteiger partial charge in [-0.1, -0.05) is 0 Å². The molecule has 0 spiro atoms. The zero-order chi connectivity index (χ0) is 21.6. The first kappa shape index (κ1) is 20.0. The number of non-ortho nitro benzene ring substituents is 1. The van der Waals surface area contributed by atoms with Crippen LogP contribution in [0.25, 0.3) is 0 Å². The number of nitro groups is 1. The fourth-order valence-corrected chi connectivity index (χ4v) is 4.47. The van der Waals surface area contributed by atoms with Gasteiger partial charge in [-0.3, -0.25) is 19.8 Å². The number of esters is 1. The molecule has 1 fully saturated rings. The van der Waals surface area contributed by atoms with Crippen LogP contribution in [-0.4, -0.2) is 28.3 Å². The van der Waals surface area contributed by atoms with Crippen molar-refractivity contribution in [3.05, 3.63) is 64.0 Å². The Morgan fingerprint density at radius 3 is 2.70 bits per heavy atom. The van der Waals surface area contributed by atoms with Crippen LogP contribution in [0.1, 0.15) is 25.5 Å². The quantitative estimate of drug-likeness (QED) is 0.341. The van der Waals surface area contributed by atoms with Crippen LogP contribution >= 0.6 is 12.2 Å². The van der Waals surface area contributed by atoms with Crippen molar-refractivity contribution in [3.63, 3.8) is 0 Å². The number of thiocarbonyl (C=S) groups is 1. The summed E-state index contributed by atoms with van der Waals surface area (Å²) in [4.78, 5) is 25.3. The molecule has 1 saturated heterocycles. The van der Waals surface area contributed by atoms with Crippen molar-refractivity contribution in [2.24, 2.45) is 5.92 Å². The third-order valence-corrected chi connectivity index (χ3v) is 5.62. The summed E-state index contributed by atoms with van der Waals surface area (Å²) in [5, 5.41) is 14.6. The molecule has 2 aromatic rings. The third kappa shape index (κ3) is 3.04. The summed E-state index contributed by atoms with van der Waals surface area (Å²) in [6.07, 6.45) is 0. The second-order valence-electron chi connectivity index (χ2n) is 7.10. The highest BCUT2D eigenvalue weighted by Gasteiger charge is 2.60. The van der Waals surface area contributed by atoms with Gasteiger partial charge in [-0.15, -0.1) is 0 Å². The van der Waals surface area contributed by atoms with Crippen LogP contribution in [0.2, 0.25) is 0 Å². The molecular formula is C20H18FN3O5S. The lowest BCUT2D eigenvalue weighted by Gasteiger charge is -2.55. The highest BCUT2D eigenvalue weighted by atomic mass is 32.1. The summed E-state index contributed by atoms with van der Waals surface area (Å²) < 4.78 is 25.0. The lowest BCUT2D eigenvalue weighted by Crippen LogP contribution is -2.71. The van der Waals surface area contributed by atoms with E-state index in [1.165, 1.54) is 42.5 Å². The van der Waals surface area contributed by atoms with E-state index in [1.807, 2.05) is 0 Å². The standard InChI is InChI=1S/C20H18FN3O5S/c1-3-28-18(25)16-17-14-10-13(24(26)27)8-9-15(14)29-20(16,2)23(19(30)22-17)12-6-4-11(21)5-7-12/h4-10,16-17H,3H2,1-2H3,(H,22,30)/t16-,17-,20+/m1/s1. The Morgan fingerprint density at radius 1 is 1.37 bits per heavy atom. The molecule has 8 nitrogen and oxygen atoms in total. The van der Waals surface area contributed by atoms with Gasteiger partial charge in [0, 0.05) is 23.4 Å². The summed E-state index contributed by atoms with van der Waals surface area (Å²) in [6.45, 7) is 3.54. The van der Waals surface area contributed by atoms with Crippen LogP contribution in [0, 0.1) is 21.8 Å². The number of carbonyl (C=O) groups is 1. The number of carbonyl (C=O) groups excluding carboxylic acids is 1. The number of ether oxygens (including phenoxy) is 2. The fraction of sp³-hybridized carbons (Fsp3) is 0.300. The molecule has 4 rings (SSSR count). The summed E-state index contributed by atoms with van der Waals surface area (Å²) in [6, 6.07) is 9.15. The number of rotatable bonds is 4. The Hall–Kier alpha value is -3.27. The number of hydrogen-bond donors (Lipinski definition) is 1. The molecule has 0 amide bonds. The third-order valence-electron chi connectivity index (χ3n) is 5.32. The summed E-state index contributed by atoms with van der Waals surface area (Å²) in [5.74, 6) is -1.47. The average molecular weight is 431 g/mol. The molecule has 2 aromatic carbocycles. The number of nitro benzene ring substituents is 1. The lowest BCUT2D eigenvalue weighted by molar-refractivity contribution is -0.385. The van der Waals surface area contributed by atoms with E-state index in [0.717, 1.165) is 0 Å². The van der Waals surface area contributed by atoms with E-state index in [4.69, 9.17) is 21.7 Å². The van der Waals surface area contributed by atoms with Crippen LogP contribution in [0.5, 0.6) is 5.75 Å². The molecule has 2 heterocycles. The highest BCUT2D eigenvalue weighted by Crippen LogP contribution is 2.50. The van der Waals surface area contributed by atoms with Gasteiger partial charge in [0.25, 0.3) is 5.69 Å². The van der Waals surface area contributed by atoms with Crippen molar-refractivity contribution in [1.82, 2.24) is 5.32 Å². The Bertz CT molecular complexity index is 1050. The first-order valence-electron chi connectivity index (χ1n) is 9.26. The number of hydrogen-bond acceptors (Lipinski definition) is 6. The molecule has 2 aliphatic heterocycles. The molecule has 0 aromatic heterocycles. The number of nitrogens with zero attached hydrogens (tertiary/aromatic N) is 2. The van der Waals surface area contributed by atoms with Crippen LogP contribution in [0.3, 0.4) is 0 Å². The smallest absolute Gasteiger partial charge is 0.317 e. The lowest BCUT2D eigenvalue weighted by atomic mass is 9.79. The zero-order valence-electron chi connectivity index (χ0n) is 16.1. The van der Waals surface area contributed by atoms with Gasteiger partial charge in [0.15, 0.2) is 5.11 Å². The molecule has 0 aliphatic carbocycles. The molecule has 2 aliphatic rings. The number of nitrogens with one attached hydrogen (secondary N) is 1. The van der Waals surface area contributed by atoms with Gasteiger partial charge < -0.3 is 14.8 Å². The molecule has 2 bridgehead atoms. The molecule has 0 radical (unpaired) electrons. The Kier molecular flexibility index (Phi) is 4.81. The van der Waals surface area contributed by atoms with Crippen molar-refractivity contribution in [2.45, 2.75) is 25.6 Å². The first-order valence-corrected chi connectivity index (χ1v) is 9.67. The molecule has 3 atom stereocenters. The number of halogens is 1. The maximum atomic E-state index is 13.5. The van der Waals surface area contributed by atoms with Crippen molar-refractivity contribution in [2.75, 3.05) is 11.5 Å². The minimum absolute atomic E-state index is 0.128. The Labute approximate surface area is 176 Å². The van der Waals surface area contributed by atoms with Crippen molar-refractivity contribution >= 4 is 34.7 Å². The highest BCUT2D eigenvalue weighted by molar-refractivity contribution is 7.80. The van der Waals surface area contributed by atoms with Gasteiger partial charge in [-0.25, -0.2) is 4.39 Å². The zero-order valence-corrected chi connectivity index (χ0v) is 16.9. The Morgan fingerprint density at radius 2 is 2.07 bits per heavy atom.